The molecule has 0 heterocycles. The summed E-state index contributed by atoms with van der Waals surface area (Å²) < 4.78 is 15.3. The first-order valence-corrected chi connectivity index (χ1v) is 8.07. The summed E-state index contributed by atoms with van der Waals surface area (Å²) in [5.74, 6) is -0.161. The van der Waals surface area contributed by atoms with Gasteiger partial charge in [-0.2, -0.15) is 0 Å². The highest BCUT2D eigenvalue weighted by molar-refractivity contribution is 9.10. The molecule has 2 aromatic rings. The zero-order valence-corrected chi connectivity index (χ0v) is 14.3. The van der Waals surface area contributed by atoms with E-state index in [2.05, 4.69) is 53.3 Å². The van der Waals surface area contributed by atoms with Crippen molar-refractivity contribution in [2.24, 2.45) is 0 Å². The van der Waals surface area contributed by atoms with Crippen LogP contribution in [-0.2, 0) is 0 Å². The molecule has 0 fully saturated rings. The summed E-state index contributed by atoms with van der Waals surface area (Å²) >= 11 is 3.57. The van der Waals surface area contributed by atoms with E-state index in [4.69, 9.17) is 0 Å². The Balaban J connectivity index is 2.46. The van der Waals surface area contributed by atoms with Crippen molar-refractivity contribution in [3.05, 3.63) is 68.9 Å². The minimum Gasteiger partial charge on any atom is -0.306 e. The molecule has 1 unspecified atom stereocenters. The number of benzene rings is 2. The van der Waals surface area contributed by atoms with E-state index in [-0.39, 0.29) is 11.9 Å². The summed E-state index contributed by atoms with van der Waals surface area (Å²) in [6.07, 6.45) is 1.01. The van der Waals surface area contributed by atoms with Crippen LogP contribution in [0.3, 0.4) is 0 Å². The molecule has 1 atom stereocenters. The van der Waals surface area contributed by atoms with Gasteiger partial charge in [-0.25, -0.2) is 4.39 Å². The SMILES string of the molecule is CCCNC(c1ccc(C)c(Br)c1)c1cc(C)ccc1F. The largest absolute Gasteiger partial charge is 0.306 e. The molecule has 2 rings (SSSR count). The second kappa shape index (κ2) is 7.19. The summed E-state index contributed by atoms with van der Waals surface area (Å²) in [7, 11) is 0. The van der Waals surface area contributed by atoms with E-state index in [1.165, 1.54) is 5.56 Å². The molecule has 0 aliphatic rings. The molecule has 21 heavy (non-hydrogen) atoms. The number of aryl methyl sites for hydroxylation is 2. The average Bonchev–Trinajstić information content (AvgIpc) is 2.46. The first-order chi connectivity index (χ1) is 10.0. The van der Waals surface area contributed by atoms with Crippen molar-refractivity contribution < 1.29 is 4.39 Å². The number of hydrogen-bond acceptors (Lipinski definition) is 1. The summed E-state index contributed by atoms with van der Waals surface area (Å²) in [4.78, 5) is 0. The van der Waals surface area contributed by atoms with Gasteiger partial charge in [-0.15, -0.1) is 0 Å². The molecule has 2 aromatic carbocycles. The van der Waals surface area contributed by atoms with Gasteiger partial charge in [-0.3, -0.25) is 0 Å². The van der Waals surface area contributed by atoms with Crippen LogP contribution in [0.15, 0.2) is 40.9 Å². The van der Waals surface area contributed by atoms with Crippen LogP contribution in [0.1, 0.15) is 41.6 Å². The van der Waals surface area contributed by atoms with Gasteiger partial charge in [0.2, 0.25) is 0 Å². The van der Waals surface area contributed by atoms with Crippen molar-refractivity contribution in [2.75, 3.05) is 6.54 Å². The molecule has 0 aromatic heterocycles. The molecule has 112 valence electrons. The van der Waals surface area contributed by atoms with Crippen molar-refractivity contribution >= 4 is 15.9 Å². The quantitative estimate of drug-likeness (QED) is 0.772. The number of nitrogens with one attached hydrogen (secondary N) is 1. The molecular weight excluding hydrogens is 329 g/mol. The molecule has 1 N–H and O–H groups in total. The smallest absolute Gasteiger partial charge is 0.128 e. The molecule has 0 aliphatic heterocycles. The Morgan fingerprint density at radius 2 is 1.90 bits per heavy atom. The predicted octanol–water partition coefficient (Wildman–Crippen LogP) is 5.29. The van der Waals surface area contributed by atoms with Gasteiger partial charge in [0.1, 0.15) is 5.82 Å². The Bertz CT molecular complexity index is 625. The summed E-state index contributed by atoms with van der Waals surface area (Å²) in [5, 5.41) is 3.46. The second-order valence-corrected chi connectivity index (χ2v) is 6.28. The van der Waals surface area contributed by atoms with Crippen molar-refractivity contribution in [3.8, 4) is 0 Å². The summed E-state index contributed by atoms with van der Waals surface area (Å²) in [6, 6.07) is 11.4. The number of rotatable bonds is 5. The lowest BCUT2D eigenvalue weighted by molar-refractivity contribution is 0.546. The topological polar surface area (TPSA) is 12.0 Å². The van der Waals surface area contributed by atoms with Gasteiger partial charge < -0.3 is 5.32 Å². The van der Waals surface area contributed by atoms with E-state index in [1.807, 2.05) is 13.0 Å². The van der Waals surface area contributed by atoms with Gasteiger partial charge in [0.05, 0.1) is 6.04 Å². The molecule has 0 radical (unpaired) electrons. The molecule has 0 bridgehead atoms. The third-order valence-corrected chi connectivity index (χ3v) is 4.44. The Kier molecular flexibility index (Phi) is 5.54. The van der Waals surface area contributed by atoms with Crippen LogP contribution in [0, 0.1) is 19.7 Å². The third kappa shape index (κ3) is 3.92. The first kappa shape index (κ1) is 16.2. The molecule has 0 aliphatic carbocycles. The highest BCUT2D eigenvalue weighted by atomic mass is 79.9. The lowest BCUT2D eigenvalue weighted by Crippen LogP contribution is -2.24. The van der Waals surface area contributed by atoms with Gasteiger partial charge in [0.25, 0.3) is 0 Å². The standard InChI is InChI=1S/C18H21BrFN/c1-4-9-21-18(14-7-6-13(3)16(19)11-14)15-10-12(2)5-8-17(15)20/h5-8,10-11,18,21H,4,9H2,1-3H3. The molecular formula is C18H21BrFN. The van der Waals surface area contributed by atoms with Crippen molar-refractivity contribution in [1.82, 2.24) is 5.32 Å². The number of hydrogen-bond donors (Lipinski definition) is 1. The molecule has 0 saturated carbocycles. The zero-order chi connectivity index (χ0) is 15.4. The second-order valence-electron chi connectivity index (χ2n) is 5.42. The Morgan fingerprint density at radius 1 is 1.14 bits per heavy atom. The third-order valence-electron chi connectivity index (χ3n) is 3.59. The minimum absolute atomic E-state index is 0.123. The van der Waals surface area contributed by atoms with Gasteiger partial charge in [-0.05, 0) is 50.1 Å². The lowest BCUT2D eigenvalue weighted by atomic mass is 9.96. The monoisotopic (exact) mass is 349 g/mol. The fourth-order valence-electron chi connectivity index (χ4n) is 2.37. The molecule has 0 saturated heterocycles. The number of halogens is 2. The predicted molar refractivity (Wildman–Crippen MR) is 90.2 cm³/mol. The van der Waals surface area contributed by atoms with Crippen LogP contribution in [0.4, 0.5) is 4.39 Å². The van der Waals surface area contributed by atoms with Crippen LogP contribution < -0.4 is 5.32 Å². The summed E-state index contributed by atoms with van der Waals surface area (Å²) in [6.45, 7) is 7.01. The van der Waals surface area contributed by atoms with Crippen LogP contribution in [0.5, 0.6) is 0 Å². The van der Waals surface area contributed by atoms with E-state index in [9.17, 15) is 4.39 Å². The fourth-order valence-corrected chi connectivity index (χ4v) is 2.77. The molecule has 1 nitrogen and oxygen atoms in total. The molecule has 0 spiro atoms. The van der Waals surface area contributed by atoms with Crippen molar-refractivity contribution in [3.63, 3.8) is 0 Å². The maximum absolute atomic E-state index is 14.3. The van der Waals surface area contributed by atoms with Crippen LogP contribution in [-0.4, -0.2) is 6.54 Å². The maximum atomic E-state index is 14.3. The Hall–Kier alpha value is -1.19. The van der Waals surface area contributed by atoms with Crippen molar-refractivity contribution in [2.45, 2.75) is 33.2 Å². The zero-order valence-electron chi connectivity index (χ0n) is 12.7. The minimum atomic E-state index is -0.161. The van der Waals surface area contributed by atoms with Crippen LogP contribution in [0.25, 0.3) is 0 Å². The van der Waals surface area contributed by atoms with Gasteiger partial charge >= 0.3 is 0 Å². The van der Waals surface area contributed by atoms with E-state index in [0.717, 1.165) is 28.6 Å². The molecule has 3 heteroatoms. The van der Waals surface area contributed by atoms with Gasteiger partial charge in [0.15, 0.2) is 0 Å². The fraction of sp³-hybridized carbons (Fsp3) is 0.333. The van der Waals surface area contributed by atoms with Gasteiger partial charge in [-0.1, -0.05) is 52.7 Å². The van der Waals surface area contributed by atoms with E-state index in [1.54, 1.807) is 12.1 Å². The maximum Gasteiger partial charge on any atom is 0.128 e. The normalized spacial score (nSPS) is 12.4. The Labute approximate surface area is 134 Å². The lowest BCUT2D eigenvalue weighted by Gasteiger charge is -2.21. The van der Waals surface area contributed by atoms with Gasteiger partial charge in [0, 0.05) is 10.0 Å². The highest BCUT2D eigenvalue weighted by Crippen LogP contribution is 2.28. The van der Waals surface area contributed by atoms with Crippen LogP contribution in [0.2, 0.25) is 0 Å². The van der Waals surface area contributed by atoms with Crippen LogP contribution >= 0.6 is 15.9 Å². The summed E-state index contributed by atoms with van der Waals surface area (Å²) in [5.41, 5.74) is 4.03. The first-order valence-electron chi connectivity index (χ1n) is 7.28. The van der Waals surface area contributed by atoms with E-state index in [0.29, 0.717) is 5.56 Å². The highest BCUT2D eigenvalue weighted by Gasteiger charge is 2.18. The Morgan fingerprint density at radius 3 is 2.57 bits per heavy atom. The average molecular weight is 350 g/mol. The molecule has 0 amide bonds. The van der Waals surface area contributed by atoms with Crippen molar-refractivity contribution in [1.29, 1.82) is 0 Å². The van der Waals surface area contributed by atoms with E-state index < -0.39 is 0 Å². The van der Waals surface area contributed by atoms with E-state index >= 15 is 0 Å².